The molecule has 8 nitrogen and oxygen atoms in total. The molecule has 1 saturated heterocycles. The van der Waals surface area contributed by atoms with Gasteiger partial charge in [0.15, 0.2) is 0 Å². The molecule has 1 aromatic heterocycles. The van der Waals surface area contributed by atoms with E-state index in [2.05, 4.69) is 20.8 Å². The van der Waals surface area contributed by atoms with Crippen LogP contribution in [0, 0.1) is 0 Å². The van der Waals surface area contributed by atoms with Crippen molar-refractivity contribution in [1.29, 1.82) is 0 Å². The van der Waals surface area contributed by atoms with Crippen LogP contribution in [0.5, 0.6) is 0 Å². The minimum atomic E-state index is -0.581. The Balaban J connectivity index is 2.24. The highest BCUT2D eigenvalue weighted by molar-refractivity contribution is 5.99. The zero-order valence-corrected chi connectivity index (χ0v) is 7.17. The van der Waals surface area contributed by atoms with E-state index >= 15 is 0 Å². The highest BCUT2D eigenvalue weighted by Gasteiger charge is 2.30. The van der Waals surface area contributed by atoms with E-state index in [0.717, 1.165) is 0 Å². The Kier molecular flexibility index (Phi) is 1.88. The van der Waals surface area contributed by atoms with E-state index in [1.807, 2.05) is 0 Å². The number of anilines is 1. The van der Waals surface area contributed by atoms with Gasteiger partial charge in [0.1, 0.15) is 6.04 Å². The van der Waals surface area contributed by atoms with Crippen LogP contribution in [-0.4, -0.2) is 32.0 Å². The van der Waals surface area contributed by atoms with Crippen molar-refractivity contribution in [3.63, 3.8) is 0 Å². The number of nitrogens with one attached hydrogen (secondary N) is 1. The first-order chi connectivity index (χ1) is 6.68. The fraction of sp³-hybridized carbons (Fsp3) is 0.500. The minimum Gasteiger partial charge on any atom is -0.367 e. The first kappa shape index (κ1) is 8.60. The lowest BCUT2D eigenvalue weighted by Gasteiger charge is -2.20. The molecule has 1 unspecified atom stereocenters. The maximum atomic E-state index is 11.4. The number of carbonyl (C=O) groups is 2. The van der Waals surface area contributed by atoms with Gasteiger partial charge in [0, 0.05) is 6.42 Å². The summed E-state index contributed by atoms with van der Waals surface area (Å²) in [5, 5.41) is 12.6. The Hall–Kier alpha value is -1.99. The van der Waals surface area contributed by atoms with Gasteiger partial charge in [0.05, 0.1) is 0 Å². The Labute approximate surface area is 78.4 Å². The third kappa shape index (κ3) is 1.30. The average molecular weight is 196 g/mol. The number of nitrogens with zero attached hydrogens (tertiary/aromatic N) is 4. The molecule has 0 aromatic carbocycles. The number of amides is 2. The molecule has 74 valence electrons. The van der Waals surface area contributed by atoms with E-state index in [4.69, 9.17) is 5.73 Å². The van der Waals surface area contributed by atoms with Crippen molar-refractivity contribution in [2.45, 2.75) is 18.9 Å². The normalized spacial score (nSPS) is 22.1. The van der Waals surface area contributed by atoms with Gasteiger partial charge in [-0.1, -0.05) is 5.10 Å². The smallest absolute Gasteiger partial charge is 0.251 e. The SMILES string of the molecule is Nc1nnnn1C1CCC(=O)NC1=O. The van der Waals surface area contributed by atoms with E-state index in [1.165, 1.54) is 4.68 Å². The van der Waals surface area contributed by atoms with Crippen LogP contribution >= 0.6 is 0 Å². The number of piperidine rings is 1. The van der Waals surface area contributed by atoms with Crippen molar-refractivity contribution < 1.29 is 9.59 Å². The molecule has 2 rings (SSSR count). The van der Waals surface area contributed by atoms with Crippen LogP contribution in [0.25, 0.3) is 0 Å². The first-order valence-corrected chi connectivity index (χ1v) is 4.05. The minimum absolute atomic E-state index is 0.0690. The van der Waals surface area contributed by atoms with Crippen molar-refractivity contribution in [1.82, 2.24) is 25.5 Å². The predicted molar refractivity (Wildman–Crippen MR) is 43.7 cm³/mol. The molecule has 14 heavy (non-hydrogen) atoms. The van der Waals surface area contributed by atoms with Crippen molar-refractivity contribution in [3.05, 3.63) is 0 Å². The lowest BCUT2D eigenvalue weighted by Crippen LogP contribution is -2.42. The highest BCUT2D eigenvalue weighted by atomic mass is 16.2. The van der Waals surface area contributed by atoms with Gasteiger partial charge in [0.25, 0.3) is 5.91 Å². The molecule has 2 amide bonds. The van der Waals surface area contributed by atoms with Crippen LogP contribution in [0.4, 0.5) is 5.95 Å². The number of imide groups is 1. The molecule has 2 heterocycles. The van der Waals surface area contributed by atoms with Gasteiger partial charge in [0.2, 0.25) is 11.9 Å². The van der Waals surface area contributed by atoms with Crippen molar-refractivity contribution in [2.24, 2.45) is 0 Å². The third-order valence-corrected chi connectivity index (χ3v) is 2.02. The van der Waals surface area contributed by atoms with E-state index in [1.54, 1.807) is 0 Å². The van der Waals surface area contributed by atoms with Crippen LogP contribution in [-0.2, 0) is 9.59 Å². The molecule has 1 aromatic rings. The summed E-state index contributed by atoms with van der Waals surface area (Å²) in [6.07, 6.45) is 0.648. The number of hydrogen-bond donors (Lipinski definition) is 2. The standard InChI is InChI=1S/C6H8N6O2/c7-6-9-10-11-12(6)3-1-2-4(13)8-5(3)14/h3H,1-2H2,(H2,7,9,11)(H,8,13,14). The lowest BCUT2D eigenvalue weighted by atomic mass is 10.1. The molecule has 1 aliphatic rings. The number of aromatic nitrogens is 4. The summed E-state index contributed by atoms with van der Waals surface area (Å²) in [6.45, 7) is 0. The van der Waals surface area contributed by atoms with E-state index in [-0.39, 0.29) is 18.3 Å². The largest absolute Gasteiger partial charge is 0.367 e. The fourth-order valence-corrected chi connectivity index (χ4v) is 1.34. The summed E-state index contributed by atoms with van der Waals surface area (Å²) < 4.78 is 1.21. The van der Waals surface area contributed by atoms with Gasteiger partial charge >= 0.3 is 0 Å². The number of nitrogens with two attached hydrogens (primary N) is 1. The molecule has 0 aliphatic carbocycles. The summed E-state index contributed by atoms with van der Waals surface area (Å²) in [6, 6.07) is -0.581. The molecule has 8 heteroatoms. The van der Waals surface area contributed by atoms with Gasteiger partial charge in [-0.05, 0) is 16.8 Å². The van der Waals surface area contributed by atoms with Gasteiger partial charge in [-0.25, -0.2) is 0 Å². The van der Waals surface area contributed by atoms with Gasteiger partial charge in [-0.15, -0.1) is 0 Å². The monoisotopic (exact) mass is 196 g/mol. The van der Waals surface area contributed by atoms with Gasteiger partial charge in [-0.2, -0.15) is 4.68 Å². The molecular formula is C6H8N6O2. The Morgan fingerprint density at radius 2 is 2.29 bits per heavy atom. The number of hydrogen-bond acceptors (Lipinski definition) is 6. The van der Waals surface area contributed by atoms with Crippen LogP contribution in [0.1, 0.15) is 18.9 Å². The highest BCUT2D eigenvalue weighted by Crippen LogP contribution is 2.18. The Morgan fingerprint density at radius 1 is 1.50 bits per heavy atom. The molecule has 1 atom stereocenters. The maximum absolute atomic E-state index is 11.4. The summed E-state index contributed by atoms with van der Waals surface area (Å²) in [4.78, 5) is 22.2. The maximum Gasteiger partial charge on any atom is 0.251 e. The van der Waals surface area contributed by atoms with Gasteiger partial charge < -0.3 is 5.73 Å². The van der Waals surface area contributed by atoms with Crippen LogP contribution in [0.2, 0.25) is 0 Å². The number of rotatable bonds is 1. The second-order valence-electron chi connectivity index (χ2n) is 2.95. The number of tetrazole rings is 1. The summed E-state index contributed by atoms with van der Waals surface area (Å²) in [5.74, 6) is -0.627. The zero-order chi connectivity index (χ0) is 10.1. The van der Waals surface area contributed by atoms with E-state index in [9.17, 15) is 9.59 Å². The predicted octanol–water partition coefficient (Wildman–Crippen LogP) is -1.77. The summed E-state index contributed by atoms with van der Waals surface area (Å²) >= 11 is 0. The molecule has 1 fully saturated rings. The van der Waals surface area contributed by atoms with E-state index in [0.29, 0.717) is 6.42 Å². The zero-order valence-electron chi connectivity index (χ0n) is 7.17. The van der Waals surface area contributed by atoms with Crippen molar-refractivity contribution in [2.75, 3.05) is 5.73 Å². The summed E-state index contributed by atoms with van der Waals surface area (Å²) in [7, 11) is 0. The Bertz CT molecular complexity index is 385. The van der Waals surface area contributed by atoms with Crippen molar-refractivity contribution >= 4 is 17.8 Å². The van der Waals surface area contributed by atoms with Gasteiger partial charge in [-0.3, -0.25) is 14.9 Å². The van der Waals surface area contributed by atoms with Crippen LogP contribution < -0.4 is 11.1 Å². The van der Waals surface area contributed by atoms with Crippen LogP contribution in [0.15, 0.2) is 0 Å². The number of nitrogen functional groups attached to an aromatic ring is 1. The number of carbonyl (C=O) groups excluding carboxylic acids is 2. The third-order valence-electron chi connectivity index (χ3n) is 2.02. The first-order valence-electron chi connectivity index (χ1n) is 4.05. The Morgan fingerprint density at radius 3 is 2.86 bits per heavy atom. The molecule has 0 spiro atoms. The molecule has 0 bridgehead atoms. The molecule has 1 aliphatic heterocycles. The molecular weight excluding hydrogens is 188 g/mol. The molecule has 3 N–H and O–H groups in total. The lowest BCUT2D eigenvalue weighted by molar-refractivity contribution is -0.135. The van der Waals surface area contributed by atoms with E-state index < -0.39 is 11.9 Å². The second-order valence-corrected chi connectivity index (χ2v) is 2.95. The fourth-order valence-electron chi connectivity index (χ4n) is 1.34. The quantitative estimate of drug-likeness (QED) is 0.513. The average Bonchev–Trinajstić information content (AvgIpc) is 2.52. The van der Waals surface area contributed by atoms with Crippen molar-refractivity contribution in [3.8, 4) is 0 Å². The van der Waals surface area contributed by atoms with Crippen LogP contribution in [0.3, 0.4) is 0 Å². The second kappa shape index (κ2) is 3.05. The topological polar surface area (TPSA) is 116 Å². The molecule has 0 saturated carbocycles. The molecule has 0 radical (unpaired) electrons. The summed E-state index contributed by atoms with van der Waals surface area (Å²) in [5.41, 5.74) is 5.43.